The van der Waals surface area contributed by atoms with Gasteiger partial charge in [-0.15, -0.1) is 0 Å². The number of halogens is 2. The molecular weight excluding hydrogens is 429 g/mol. The van der Waals surface area contributed by atoms with Gasteiger partial charge in [0, 0.05) is 36.6 Å². The van der Waals surface area contributed by atoms with Crippen molar-refractivity contribution in [1.82, 2.24) is 15.3 Å². The molecule has 32 heavy (non-hydrogen) atoms. The Kier molecular flexibility index (Phi) is 7.32. The molecule has 5 nitrogen and oxygen atoms in total. The average molecular weight is 454 g/mol. The van der Waals surface area contributed by atoms with E-state index in [1.165, 1.54) is 12.1 Å². The average Bonchev–Trinajstić information content (AvgIpc) is 2.83. The van der Waals surface area contributed by atoms with E-state index < -0.39 is 5.82 Å². The van der Waals surface area contributed by atoms with Crippen LogP contribution in [-0.2, 0) is 4.79 Å². The molecule has 0 radical (unpaired) electrons. The largest absolute Gasteiger partial charge is 0.481 e. The number of amides is 1. The van der Waals surface area contributed by atoms with Crippen molar-refractivity contribution in [2.75, 3.05) is 13.2 Å². The Morgan fingerprint density at radius 2 is 1.88 bits per heavy atom. The second kappa shape index (κ2) is 10.6. The lowest BCUT2D eigenvalue weighted by atomic mass is 9.78. The van der Waals surface area contributed by atoms with E-state index in [1.807, 2.05) is 18.2 Å². The number of nitrogens with one attached hydrogen (secondary N) is 1. The van der Waals surface area contributed by atoms with Crippen LogP contribution in [-0.4, -0.2) is 29.0 Å². The number of benzene rings is 1. The first kappa shape index (κ1) is 22.2. The molecule has 0 aliphatic heterocycles. The fourth-order valence-electron chi connectivity index (χ4n) is 4.19. The van der Waals surface area contributed by atoms with Gasteiger partial charge in [-0.3, -0.25) is 14.8 Å². The summed E-state index contributed by atoms with van der Waals surface area (Å²) in [4.78, 5) is 20.9. The highest BCUT2D eigenvalue weighted by atomic mass is 35.5. The number of carbonyl (C=O) groups excluding carboxylic acids is 1. The summed E-state index contributed by atoms with van der Waals surface area (Å²) in [6, 6.07) is 12.0. The first-order chi connectivity index (χ1) is 15.6. The predicted molar refractivity (Wildman–Crippen MR) is 122 cm³/mol. The lowest BCUT2D eigenvalue weighted by molar-refractivity contribution is -0.123. The molecule has 7 heteroatoms. The summed E-state index contributed by atoms with van der Waals surface area (Å²) in [5.41, 5.74) is 3.19. The minimum absolute atomic E-state index is 0.0867. The Morgan fingerprint density at radius 1 is 1.12 bits per heavy atom. The number of hydrogen-bond acceptors (Lipinski definition) is 4. The van der Waals surface area contributed by atoms with Crippen LogP contribution in [0.4, 0.5) is 4.39 Å². The van der Waals surface area contributed by atoms with Crippen LogP contribution in [0.25, 0.3) is 11.1 Å². The summed E-state index contributed by atoms with van der Waals surface area (Å²) in [5.74, 6) is 0.131. The fourth-order valence-corrected chi connectivity index (χ4v) is 4.35. The minimum atomic E-state index is -0.472. The van der Waals surface area contributed by atoms with Crippen molar-refractivity contribution >= 4 is 17.5 Å². The second-order valence-electron chi connectivity index (χ2n) is 8.06. The lowest BCUT2D eigenvalue weighted by Gasteiger charge is -2.29. The van der Waals surface area contributed by atoms with Crippen LogP contribution >= 0.6 is 11.6 Å². The maximum atomic E-state index is 13.6. The third-order valence-electron chi connectivity index (χ3n) is 5.89. The van der Waals surface area contributed by atoms with Crippen molar-refractivity contribution in [3.05, 3.63) is 77.6 Å². The number of ether oxygens (including phenoxy) is 1. The van der Waals surface area contributed by atoms with Crippen LogP contribution in [0, 0.1) is 11.7 Å². The number of nitrogens with zero attached hydrogens (tertiary/aromatic N) is 2. The van der Waals surface area contributed by atoms with E-state index in [0.717, 1.165) is 42.5 Å². The summed E-state index contributed by atoms with van der Waals surface area (Å²) in [6.07, 6.45) is 9.25. The maximum absolute atomic E-state index is 13.6. The van der Waals surface area contributed by atoms with Crippen LogP contribution in [0.1, 0.15) is 37.3 Å². The van der Waals surface area contributed by atoms with Gasteiger partial charge in [-0.25, -0.2) is 4.39 Å². The molecule has 0 unspecified atom stereocenters. The fraction of sp³-hybridized carbons (Fsp3) is 0.320. The van der Waals surface area contributed by atoms with Crippen molar-refractivity contribution in [3.63, 3.8) is 0 Å². The molecule has 1 amide bonds. The molecule has 1 N–H and O–H groups in total. The number of carbonyl (C=O) groups is 1. The van der Waals surface area contributed by atoms with Crippen LogP contribution in [0.5, 0.6) is 5.75 Å². The molecule has 4 rings (SSSR count). The third-order valence-corrected chi connectivity index (χ3v) is 6.10. The molecule has 2 aromatic heterocycles. The number of aromatic nitrogens is 2. The van der Waals surface area contributed by atoms with Crippen LogP contribution in [0.2, 0.25) is 5.02 Å². The molecule has 0 spiro atoms. The van der Waals surface area contributed by atoms with E-state index in [1.54, 1.807) is 30.7 Å². The van der Waals surface area contributed by atoms with Gasteiger partial charge in [0.1, 0.15) is 0 Å². The molecule has 1 fully saturated rings. The van der Waals surface area contributed by atoms with Gasteiger partial charge in [0.05, 0.1) is 10.7 Å². The first-order valence-electron chi connectivity index (χ1n) is 10.8. The Balaban J connectivity index is 1.29. The monoisotopic (exact) mass is 453 g/mol. The molecule has 2 heterocycles. The number of para-hydroxylation sites is 1. The molecular formula is C25H25ClFN3O2. The van der Waals surface area contributed by atoms with Gasteiger partial charge in [-0.1, -0.05) is 23.7 Å². The van der Waals surface area contributed by atoms with Crippen LogP contribution < -0.4 is 10.1 Å². The first-order valence-corrected chi connectivity index (χ1v) is 11.2. The molecule has 0 saturated heterocycles. The summed E-state index contributed by atoms with van der Waals surface area (Å²) in [6.45, 7) is 0.401. The zero-order valence-corrected chi connectivity index (χ0v) is 18.4. The second-order valence-corrected chi connectivity index (χ2v) is 8.50. The molecule has 0 atom stereocenters. The Morgan fingerprint density at radius 3 is 2.62 bits per heavy atom. The highest BCUT2D eigenvalue weighted by Crippen LogP contribution is 2.39. The van der Waals surface area contributed by atoms with E-state index in [9.17, 15) is 9.18 Å². The SMILES string of the molecule is O=C(COc1ccccc1F)NCC1CCC(c2ncc(Cl)cc2-c2ccncc2)CC1. The highest BCUT2D eigenvalue weighted by molar-refractivity contribution is 6.30. The minimum Gasteiger partial charge on any atom is -0.481 e. The molecule has 1 aliphatic rings. The van der Waals surface area contributed by atoms with E-state index in [4.69, 9.17) is 16.3 Å². The predicted octanol–water partition coefficient (Wildman–Crippen LogP) is 5.41. The van der Waals surface area contributed by atoms with Crippen molar-refractivity contribution in [2.24, 2.45) is 5.92 Å². The number of hydrogen-bond donors (Lipinski definition) is 1. The van der Waals surface area contributed by atoms with Gasteiger partial charge in [-0.05, 0) is 67.5 Å². The topological polar surface area (TPSA) is 64.1 Å². The summed E-state index contributed by atoms with van der Waals surface area (Å²) >= 11 is 6.22. The molecule has 1 aliphatic carbocycles. The van der Waals surface area contributed by atoms with E-state index in [2.05, 4.69) is 15.3 Å². The molecule has 166 valence electrons. The Hall–Kier alpha value is -2.99. The molecule has 1 aromatic carbocycles. The molecule has 3 aromatic rings. The van der Waals surface area contributed by atoms with Crippen LogP contribution in [0.3, 0.4) is 0 Å². The number of pyridine rings is 2. The van der Waals surface area contributed by atoms with Gasteiger partial charge in [0.2, 0.25) is 0 Å². The van der Waals surface area contributed by atoms with Crippen LogP contribution in [0.15, 0.2) is 61.1 Å². The van der Waals surface area contributed by atoms with Crippen molar-refractivity contribution in [3.8, 4) is 16.9 Å². The summed E-state index contributed by atoms with van der Waals surface area (Å²) in [5, 5.41) is 3.53. The van der Waals surface area contributed by atoms with Gasteiger partial charge in [-0.2, -0.15) is 0 Å². The Bertz CT molecular complexity index is 1060. The normalized spacial score (nSPS) is 18.2. The van der Waals surface area contributed by atoms with E-state index in [-0.39, 0.29) is 18.3 Å². The summed E-state index contributed by atoms with van der Waals surface area (Å²) < 4.78 is 18.8. The smallest absolute Gasteiger partial charge is 0.257 e. The maximum Gasteiger partial charge on any atom is 0.257 e. The highest BCUT2D eigenvalue weighted by Gasteiger charge is 2.26. The zero-order valence-electron chi connectivity index (χ0n) is 17.6. The summed E-state index contributed by atoms with van der Waals surface area (Å²) in [7, 11) is 0. The van der Waals surface area contributed by atoms with Gasteiger partial charge < -0.3 is 10.1 Å². The molecule has 1 saturated carbocycles. The third kappa shape index (κ3) is 5.62. The number of rotatable bonds is 7. The van der Waals surface area contributed by atoms with Crippen molar-refractivity contribution in [1.29, 1.82) is 0 Å². The molecule has 0 bridgehead atoms. The Labute approximate surface area is 192 Å². The van der Waals surface area contributed by atoms with Gasteiger partial charge in [0.15, 0.2) is 18.2 Å². The van der Waals surface area contributed by atoms with Gasteiger partial charge in [0.25, 0.3) is 5.91 Å². The zero-order chi connectivity index (χ0) is 22.3. The van der Waals surface area contributed by atoms with Crippen molar-refractivity contribution in [2.45, 2.75) is 31.6 Å². The van der Waals surface area contributed by atoms with E-state index in [0.29, 0.717) is 23.4 Å². The van der Waals surface area contributed by atoms with Crippen molar-refractivity contribution < 1.29 is 13.9 Å². The van der Waals surface area contributed by atoms with Gasteiger partial charge >= 0.3 is 0 Å². The van der Waals surface area contributed by atoms with E-state index >= 15 is 0 Å². The standard InChI is InChI=1S/C25H25ClFN3O2/c26-20-13-21(18-9-11-28-12-10-18)25(30-15-20)19-7-5-17(6-8-19)14-29-24(31)16-32-23-4-2-1-3-22(23)27/h1-4,9-13,15,17,19H,5-8,14,16H2,(H,29,31). The lowest BCUT2D eigenvalue weighted by Crippen LogP contribution is -2.34. The quantitative estimate of drug-likeness (QED) is 0.519.